The molecule has 5 nitrogen and oxygen atoms in total. The van der Waals surface area contributed by atoms with E-state index >= 15 is 0 Å². The van der Waals surface area contributed by atoms with Crippen LogP contribution in [0, 0.1) is 13.8 Å². The quantitative estimate of drug-likeness (QED) is 0.679. The first-order chi connectivity index (χ1) is 12.9. The van der Waals surface area contributed by atoms with E-state index in [1.165, 1.54) is 6.26 Å². The Balaban J connectivity index is 1.71. The molecule has 0 bridgehead atoms. The maximum absolute atomic E-state index is 13.2. The number of fused-ring (bicyclic) bond motifs is 1. The predicted octanol–water partition coefficient (Wildman–Crippen LogP) is 3.97. The number of furan rings is 1. The summed E-state index contributed by atoms with van der Waals surface area (Å²) in [5.74, 6) is -0.276. The number of anilines is 1. The first-order valence-electron chi connectivity index (χ1n) is 8.66. The summed E-state index contributed by atoms with van der Waals surface area (Å²) >= 11 is 1.55. The molecule has 3 aromatic rings. The van der Waals surface area contributed by atoms with E-state index in [-0.39, 0.29) is 12.2 Å². The zero-order valence-corrected chi connectivity index (χ0v) is 15.9. The lowest BCUT2D eigenvalue weighted by molar-refractivity contribution is -0.136. The fourth-order valence-electron chi connectivity index (χ4n) is 3.70. The van der Waals surface area contributed by atoms with Gasteiger partial charge in [-0.25, -0.2) is 0 Å². The summed E-state index contributed by atoms with van der Waals surface area (Å²) in [5, 5.41) is 13.3. The topological polar surface area (TPSA) is 70.7 Å². The monoisotopic (exact) mass is 381 g/mol. The van der Waals surface area contributed by atoms with Crippen molar-refractivity contribution in [2.24, 2.45) is 0 Å². The van der Waals surface area contributed by atoms with Gasteiger partial charge in [0.1, 0.15) is 5.76 Å². The Morgan fingerprint density at radius 1 is 1.22 bits per heavy atom. The third-order valence-corrected chi connectivity index (χ3v) is 5.85. The highest BCUT2D eigenvalue weighted by molar-refractivity contribution is 7.09. The van der Waals surface area contributed by atoms with Gasteiger partial charge in [-0.1, -0.05) is 24.3 Å². The smallest absolute Gasteiger partial charge is 0.264 e. The number of carbonyl (C=O) groups excluding carboxylic acids is 2. The number of thiophene rings is 1. The lowest BCUT2D eigenvalue weighted by Crippen LogP contribution is -2.41. The first kappa shape index (κ1) is 17.7. The minimum absolute atomic E-state index is 0.303. The van der Waals surface area contributed by atoms with Gasteiger partial charge in [-0.05, 0) is 36.9 Å². The van der Waals surface area contributed by atoms with E-state index in [4.69, 9.17) is 4.42 Å². The first-order valence-corrected chi connectivity index (χ1v) is 9.54. The van der Waals surface area contributed by atoms with E-state index in [0.29, 0.717) is 34.7 Å². The van der Waals surface area contributed by atoms with Gasteiger partial charge in [-0.3, -0.25) is 9.59 Å². The molecular formula is C21H19NO4S. The summed E-state index contributed by atoms with van der Waals surface area (Å²) in [6.07, 6.45) is 1.20. The highest BCUT2D eigenvalue weighted by Crippen LogP contribution is 2.44. The van der Waals surface area contributed by atoms with Crippen molar-refractivity contribution in [2.45, 2.75) is 32.4 Å². The van der Waals surface area contributed by atoms with Crippen LogP contribution in [-0.4, -0.2) is 16.8 Å². The molecule has 1 atom stereocenters. The standard InChI is InChI=1S/C21H19NO4S/c1-13-12-26-14(2)19(13)18(23)10-21(25)16-7-3-4-8-17(16)22(20(21)24)11-15-6-5-9-27-15/h3-9,12,25H,10-11H2,1-2H3/t21-/m0/s1. The second-order valence-electron chi connectivity index (χ2n) is 6.80. The second-order valence-corrected chi connectivity index (χ2v) is 7.83. The van der Waals surface area contributed by atoms with Crippen molar-refractivity contribution in [3.05, 3.63) is 75.4 Å². The SMILES string of the molecule is Cc1coc(C)c1C(=O)C[C@@]1(O)C(=O)N(Cc2cccs2)c2ccccc21. The highest BCUT2D eigenvalue weighted by atomic mass is 32.1. The van der Waals surface area contributed by atoms with Crippen LogP contribution in [0.4, 0.5) is 5.69 Å². The molecule has 1 aliphatic heterocycles. The molecule has 0 aliphatic carbocycles. The average molecular weight is 381 g/mol. The molecule has 4 rings (SSSR count). The molecule has 6 heteroatoms. The highest BCUT2D eigenvalue weighted by Gasteiger charge is 2.51. The van der Waals surface area contributed by atoms with E-state index in [2.05, 4.69) is 0 Å². The van der Waals surface area contributed by atoms with Crippen LogP contribution in [0.1, 0.15) is 38.5 Å². The van der Waals surface area contributed by atoms with Gasteiger partial charge in [0.25, 0.3) is 5.91 Å². The van der Waals surface area contributed by atoms with Crippen molar-refractivity contribution >= 4 is 28.7 Å². The van der Waals surface area contributed by atoms with Crippen LogP contribution in [0.15, 0.2) is 52.5 Å². The summed E-state index contributed by atoms with van der Waals surface area (Å²) in [4.78, 5) is 28.7. The number of hydrogen-bond acceptors (Lipinski definition) is 5. The minimum Gasteiger partial charge on any atom is -0.469 e. The Bertz CT molecular complexity index is 1000. The fourth-order valence-corrected chi connectivity index (χ4v) is 4.39. The third-order valence-electron chi connectivity index (χ3n) is 4.99. The number of rotatable bonds is 5. The molecule has 138 valence electrons. The van der Waals surface area contributed by atoms with Gasteiger partial charge < -0.3 is 14.4 Å². The molecule has 1 N–H and O–H groups in total. The Morgan fingerprint density at radius 2 is 2.00 bits per heavy atom. The van der Waals surface area contributed by atoms with Gasteiger partial charge >= 0.3 is 0 Å². The molecule has 3 heterocycles. The van der Waals surface area contributed by atoms with Gasteiger partial charge in [-0.15, -0.1) is 11.3 Å². The molecule has 1 aromatic carbocycles. The number of carbonyl (C=O) groups is 2. The number of aryl methyl sites for hydroxylation is 2. The average Bonchev–Trinajstić information content (AvgIpc) is 3.32. The van der Waals surface area contributed by atoms with Crippen molar-refractivity contribution in [1.82, 2.24) is 0 Å². The zero-order valence-electron chi connectivity index (χ0n) is 15.1. The van der Waals surface area contributed by atoms with Gasteiger partial charge in [0.05, 0.1) is 30.5 Å². The molecule has 2 aromatic heterocycles. The predicted molar refractivity (Wildman–Crippen MR) is 103 cm³/mol. The van der Waals surface area contributed by atoms with E-state index < -0.39 is 11.5 Å². The van der Waals surface area contributed by atoms with Crippen LogP contribution in [0.3, 0.4) is 0 Å². The fraction of sp³-hybridized carbons (Fsp3) is 0.238. The van der Waals surface area contributed by atoms with E-state index in [1.807, 2.05) is 23.6 Å². The van der Waals surface area contributed by atoms with Gasteiger partial charge in [0.2, 0.25) is 0 Å². The normalized spacial score (nSPS) is 18.8. The molecule has 0 radical (unpaired) electrons. The summed E-state index contributed by atoms with van der Waals surface area (Å²) in [6.45, 7) is 3.85. The number of para-hydroxylation sites is 1. The van der Waals surface area contributed by atoms with Gasteiger partial charge in [0.15, 0.2) is 11.4 Å². The zero-order chi connectivity index (χ0) is 19.2. The van der Waals surface area contributed by atoms with Crippen LogP contribution in [-0.2, 0) is 16.9 Å². The largest absolute Gasteiger partial charge is 0.469 e. The van der Waals surface area contributed by atoms with E-state index in [0.717, 1.165) is 4.88 Å². The number of nitrogens with zero attached hydrogens (tertiary/aromatic N) is 1. The van der Waals surface area contributed by atoms with Crippen LogP contribution in [0.2, 0.25) is 0 Å². The Kier molecular flexibility index (Phi) is 4.25. The van der Waals surface area contributed by atoms with Crippen molar-refractivity contribution in [1.29, 1.82) is 0 Å². The number of ketones is 1. The molecular weight excluding hydrogens is 362 g/mol. The van der Waals surface area contributed by atoms with Crippen LogP contribution in [0.5, 0.6) is 0 Å². The number of Topliss-reactive ketones (excluding diaryl/α,β-unsaturated/α-hetero) is 1. The minimum atomic E-state index is -1.87. The van der Waals surface area contributed by atoms with Crippen LogP contribution < -0.4 is 4.90 Å². The number of hydrogen-bond donors (Lipinski definition) is 1. The molecule has 1 aliphatic rings. The number of amides is 1. The molecule has 0 saturated heterocycles. The van der Waals surface area contributed by atoms with Crippen molar-refractivity contribution < 1.29 is 19.1 Å². The summed E-state index contributed by atoms with van der Waals surface area (Å²) in [5.41, 5.74) is 0.382. The molecule has 0 fully saturated rings. The Hall–Kier alpha value is -2.70. The van der Waals surface area contributed by atoms with Crippen LogP contribution >= 0.6 is 11.3 Å². The second kappa shape index (κ2) is 6.48. The van der Waals surface area contributed by atoms with Crippen molar-refractivity contribution in [3.8, 4) is 0 Å². The number of benzene rings is 1. The third kappa shape index (κ3) is 2.81. The maximum atomic E-state index is 13.2. The molecule has 27 heavy (non-hydrogen) atoms. The van der Waals surface area contributed by atoms with Gasteiger partial charge in [0, 0.05) is 10.4 Å². The molecule has 0 spiro atoms. The van der Waals surface area contributed by atoms with Gasteiger partial charge in [-0.2, -0.15) is 0 Å². The molecule has 1 amide bonds. The summed E-state index contributed by atoms with van der Waals surface area (Å²) in [7, 11) is 0. The van der Waals surface area contributed by atoms with E-state index in [1.54, 1.807) is 48.3 Å². The van der Waals surface area contributed by atoms with E-state index in [9.17, 15) is 14.7 Å². The van der Waals surface area contributed by atoms with Crippen molar-refractivity contribution in [3.63, 3.8) is 0 Å². The lowest BCUT2D eigenvalue weighted by atomic mass is 9.87. The summed E-state index contributed by atoms with van der Waals surface area (Å²) < 4.78 is 5.30. The van der Waals surface area contributed by atoms with Crippen molar-refractivity contribution in [2.75, 3.05) is 4.90 Å². The molecule has 0 saturated carbocycles. The summed E-state index contributed by atoms with van der Waals surface area (Å²) in [6, 6.07) is 11.0. The maximum Gasteiger partial charge on any atom is 0.264 e. The lowest BCUT2D eigenvalue weighted by Gasteiger charge is -2.22. The Morgan fingerprint density at radius 3 is 2.67 bits per heavy atom. The number of aliphatic hydroxyl groups is 1. The molecule has 0 unspecified atom stereocenters. The van der Waals surface area contributed by atoms with Crippen LogP contribution in [0.25, 0.3) is 0 Å². The Labute approximate surface area is 160 Å².